The number of piperidine rings is 1. The van der Waals surface area contributed by atoms with Crippen LogP contribution in [0.3, 0.4) is 0 Å². The number of carbonyl (C=O) groups excluding carboxylic acids is 2. The zero-order chi connectivity index (χ0) is 25.8. The highest BCUT2D eigenvalue weighted by Crippen LogP contribution is 2.29. The van der Waals surface area contributed by atoms with Gasteiger partial charge < -0.3 is 21.5 Å². The van der Waals surface area contributed by atoms with E-state index >= 15 is 0 Å². The summed E-state index contributed by atoms with van der Waals surface area (Å²) < 4.78 is 27.7. The molecule has 1 fully saturated rings. The summed E-state index contributed by atoms with van der Waals surface area (Å²) >= 11 is 3.33. The zero-order valence-electron chi connectivity index (χ0n) is 19.1. The Morgan fingerprint density at radius 3 is 2.37 bits per heavy atom. The van der Waals surface area contributed by atoms with E-state index in [0.29, 0.717) is 34.1 Å². The van der Waals surface area contributed by atoms with Gasteiger partial charge in [-0.25, -0.2) is 8.42 Å². The molecular weight excluding hydrogens is 538 g/mol. The van der Waals surface area contributed by atoms with Gasteiger partial charge in [-0.3, -0.25) is 15.0 Å². The molecular formula is C23H28BrN5O5S. The van der Waals surface area contributed by atoms with Crippen LogP contribution in [0.2, 0.25) is 0 Å². The summed E-state index contributed by atoms with van der Waals surface area (Å²) in [7, 11) is -3.72. The molecule has 1 heterocycles. The van der Waals surface area contributed by atoms with Crippen LogP contribution in [0.5, 0.6) is 0 Å². The number of benzene rings is 2. The van der Waals surface area contributed by atoms with Crippen LogP contribution in [0.4, 0.5) is 5.69 Å². The molecule has 1 unspecified atom stereocenters. The van der Waals surface area contributed by atoms with E-state index in [1.54, 1.807) is 43.3 Å². The van der Waals surface area contributed by atoms with E-state index in [2.05, 4.69) is 26.6 Å². The maximum atomic E-state index is 13.0. The average molecular weight is 566 g/mol. The second-order valence-corrected chi connectivity index (χ2v) is 11.1. The van der Waals surface area contributed by atoms with Crippen LogP contribution in [-0.2, 0) is 19.6 Å². The maximum Gasteiger partial charge on any atom is 0.244 e. The number of sulfonamides is 1. The highest BCUT2D eigenvalue weighted by atomic mass is 79.9. The van der Waals surface area contributed by atoms with Gasteiger partial charge >= 0.3 is 0 Å². The molecule has 6 N–H and O–H groups in total. The number of halogens is 1. The molecule has 1 aliphatic heterocycles. The van der Waals surface area contributed by atoms with Crippen molar-refractivity contribution in [3.63, 3.8) is 0 Å². The normalized spacial score (nSPS) is 15.9. The lowest BCUT2D eigenvalue weighted by molar-refractivity contribution is -0.127. The molecule has 2 amide bonds. The minimum Gasteiger partial charge on any atom is -0.393 e. The van der Waals surface area contributed by atoms with Crippen LogP contribution < -0.4 is 16.4 Å². The summed E-state index contributed by atoms with van der Waals surface area (Å²) in [4.78, 5) is 24.7. The lowest BCUT2D eigenvalue weighted by Crippen LogP contribution is -2.40. The lowest BCUT2D eigenvalue weighted by Gasteiger charge is -2.29. The maximum absolute atomic E-state index is 13.0. The molecule has 0 bridgehead atoms. The van der Waals surface area contributed by atoms with E-state index in [1.165, 1.54) is 10.4 Å². The van der Waals surface area contributed by atoms with Crippen LogP contribution in [0.25, 0.3) is 0 Å². The molecule has 0 radical (unpaired) electrons. The first kappa shape index (κ1) is 26.8. The van der Waals surface area contributed by atoms with Crippen LogP contribution in [0, 0.1) is 5.41 Å². The molecule has 0 aromatic heterocycles. The summed E-state index contributed by atoms with van der Waals surface area (Å²) in [5, 5.41) is 22.4. The number of nitrogens with two attached hydrogens (primary N) is 1. The Morgan fingerprint density at radius 1 is 1.17 bits per heavy atom. The standard InChI is InChI=1S/C23H28BrN5O5S/c1-14(27-21(31)13-22(32)28-17-5-2-15(3-6-17)23(25)26)16-4-7-20(19(24)12-16)35(33,34)29-10-8-18(30)9-11-29/h2-7,12,14,18,30H,8-11,13H2,1H3,(H3,25,26)(H,27,31)(H,28,32). The number of nitrogen functional groups attached to an aromatic ring is 1. The average Bonchev–Trinajstić information content (AvgIpc) is 2.79. The van der Waals surface area contributed by atoms with E-state index < -0.39 is 40.4 Å². The Labute approximate surface area is 212 Å². The van der Waals surface area contributed by atoms with Crippen LogP contribution in [0.1, 0.15) is 43.4 Å². The van der Waals surface area contributed by atoms with Crippen molar-refractivity contribution in [2.45, 2.75) is 43.2 Å². The van der Waals surface area contributed by atoms with Crippen molar-refractivity contribution in [1.82, 2.24) is 9.62 Å². The molecule has 3 rings (SSSR count). The van der Waals surface area contributed by atoms with E-state index in [-0.39, 0.29) is 23.8 Å². The number of nitrogens with one attached hydrogen (secondary N) is 3. The summed E-state index contributed by atoms with van der Waals surface area (Å²) in [6.07, 6.45) is -0.0798. The van der Waals surface area contributed by atoms with Gasteiger partial charge in [0.2, 0.25) is 21.8 Å². The number of hydrogen-bond acceptors (Lipinski definition) is 6. The monoisotopic (exact) mass is 565 g/mol. The largest absolute Gasteiger partial charge is 0.393 e. The number of hydrogen-bond donors (Lipinski definition) is 5. The minimum absolute atomic E-state index is 0.0835. The lowest BCUT2D eigenvalue weighted by atomic mass is 10.1. The van der Waals surface area contributed by atoms with Crippen molar-refractivity contribution in [2.24, 2.45) is 5.73 Å². The fraction of sp³-hybridized carbons (Fsp3) is 0.348. The number of aliphatic hydroxyl groups is 1. The zero-order valence-corrected chi connectivity index (χ0v) is 21.5. The first-order valence-electron chi connectivity index (χ1n) is 11.0. The fourth-order valence-corrected chi connectivity index (χ4v) is 6.20. The third-order valence-corrected chi connectivity index (χ3v) is 8.55. The minimum atomic E-state index is -3.72. The summed E-state index contributed by atoms with van der Waals surface area (Å²) in [5.74, 6) is -1.07. The Hall–Kier alpha value is -2.80. The Balaban J connectivity index is 1.58. The number of amidine groups is 1. The molecule has 1 saturated heterocycles. The van der Waals surface area contributed by atoms with Crippen molar-refractivity contribution in [3.8, 4) is 0 Å². The molecule has 2 aromatic rings. The van der Waals surface area contributed by atoms with Crippen LogP contribution >= 0.6 is 15.9 Å². The van der Waals surface area contributed by atoms with Crippen molar-refractivity contribution >= 4 is 49.3 Å². The smallest absolute Gasteiger partial charge is 0.244 e. The van der Waals surface area contributed by atoms with E-state index in [4.69, 9.17) is 11.1 Å². The van der Waals surface area contributed by atoms with E-state index in [9.17, 15) is 23.1 Å². The Bertz CT molecular complexity index is 1210. The van der Waals surface area contributed by atoms with E-state index in [1.807, 2.05) is 0 Å². The first-order valence-corrected chi connectivity index (χ1v) is 13.2. The molecule has 1 atom stereocenters. The van der Waals surface area contributed by atoms with Gasteiger partial charge in [0.15, 0.2) is 0 Å². The molecule has 12 heteroatoms. The molecule has 10 nitrogen and oxygen atoms in total. The number of rotatable bonds is 8. The molecule has 1 aliphatic rings. The predicted molar refractivity (Wildman–Crippen MR) is 135 cm³/mol. The summed E-state index contributed by atoms with van der Waals surface area (Å²) in [5.41, 5.74) is 7.07. The fourth-order valence-electron chi connectivity index (χ4n) is 3.68. The number of anilines is 1. The Morgan fingerprint density at radius 2 is 1.80 bits per heavy atom. The van der Waals surface area contributed by atoms with Gasteiger partial charge in [0.05, 0.1) is 17.0 Å². The summed E-state index contributed by atoms with van der Waals surface area (Å²) in [6, 6.07) is 10.6. The van der Waals surface area contributed by atoms with Gasteiger partial charge in [0.1, 0.15) is 12.3 Å². The van der Waals surface area contributed by atoms with Crippen molar-refractivity contribution in [2.75, 3.05) is 18.4 Å². The SMILES string of the molecule is CC(NC(=O)CC(=O)Nc1ccc(C(=N)N)cc1)c1ccc(S(=O)(=O)N2CCC(O)CC2)c(Br)c1. The van der Waals surface area contributed by atoms with Gasteiger partial charge in [0, 0.05) is 28.8 Å². The predicted octanol–water partition coefficient (Wildman–Crippen LogP) is 2.08. The number of carbonyl (C=O) groups is 2. The molecule has 0 aliphatic carbocycles. The molecule has 188 valence electrons. The van der Waals surface area contributed by atoms with Gasteiger partial charge in [-0.05, 0) is 77.7 Å². The first-order chi connectivity index (χ1) is 16.5. The van der Waals surface area contributed by atoms with Crippen molar-refractivity contribution < 1.29 is 23.1 Å². The highest BCUT2D eigenvalue weighted by molar-refractivity contribution is 9.10. The van der Waals surface area contributed by atoms with Gasteiger partial charge in [-0.1, -0.05) is 6.07 Å². The third-order valence-electron chi connectivity index (χ3n) is 5.68. The van der Waals surface area contributed by atoms with Crippen molar-refractivity contribution in [1.29, 1.82) is 5.41 Å². The van der Waals surface area contributed by atoms with Crippen molar-refractivity contribution in [3.05, 3.63) is 58.1 Å². The number of nitrogens with zero attached hydrogens (tertiary/aromatic N) is 1. The summed E-state index contributed by atoms with van der Waals surface area (Å²) in [6.45, 7) is 2.25. The van der Waals surface area contributed by atoms with Crippen LogP contribution in [0.15, 0.2) is 51.8 Å². The molecule has 35 heavy (non-hydrogen) atoms. The molecule has 0 spiro atoms. The number of amides is 2. The number of aliphatic hydroxyl groups excluding tert-OH is 1. The van der Waals surface area contributed by atoms with Gasteiger partial charge in [0.25, 0.3) is 0 Å². The molecule has 2 aromatic carbocycles. The van der Waals surface area contributed by atoms with Gasteiger partial charge in [-0.15, -0.1) is 0 Å². The second kappa shape index (κ2) is 11.3. The highest BCUT2D eigenvalue weighted by Gasteiger charge is 2.30. The van der Waals surface area contributed by atoms with E-state index in [0.717, 1.165) is 0 Å². The van der Waals surface area contributed by atoms with Gasteiger partial charge in [-0.2, -0.15) is 4.31 Å². The molecule has 0 saturated carbocycles. The second-order valence-electron chi connectivity index (χ2n) is 8.33. The topological polar surface area (TPSA) is 166 Å². The quantitative estimate of drug-likeness (QED) is 0.186. The Kier molecular flexibility index (Phi) is 8.65. The van der Waals surface area contributed by atoms with Crippen LogP contribution in [-0.4, -0.2) is 54.7 Å². The third kappa shape index (κ3) is 6.88.